The highest BCUT2D eigenvalue weighted by Crippen LogP contribution is 2.22. The number of nitro benzene ring substituents is 1. The third kappa shape index (κ3) is 3.83. The molecule has 25 heavy (non-hydrogen) atoms. The molecule has 1 aromatic heterocycles. The summed E-state index contributed by atoms with van der Waals surface area (Å²) in [5.74, 6) is -0.254. The van der Waals surface area contributed by atoms with Gasteiger partial charge in [-0.15, -0.1) is 0 Å². The largest absolute Gasteiger partial charge is 0.368 e. The first kappa shape index (κ1) is 17.4. The predicted molar refractivity (Wildman–Crippen MR) is 95.5 cm³/mol. The molecular weight excluding hydrogens is 367 g/mol. The van der Waals surface area contributed by atoms with Crippen molar-refractivity contribution in [3.63, 3.8) is 0 Å². The normalized spacial score (nSPS) is 14.5. The van der Waals surface area contributed by atoms with E-state index in [-0.39, 0.29) is 27.5 Å². The number of amides is 1. The van der Waals surface area contributed by atoms with Crippen LogP contribution in [0.1, 0.15) is 10.5 Å². The second-order valence-corrected chi connectivity index (χ2v) is 6.31. The quantitative estimate of drug-likeness (QED) is 0.463. The molecule has 1 aromatic carbocycles. The first-order valence-corrected chi connectivity index (χ1v) is 8.32. The fourth-order valence-corrected chi connectivity index (χ4v) is 3.00. The van der Waals surface area contributed by atoms with Crippen molar-refractivity contribution >= 4 is 40.5 Å². The van der Waals surface area contributed by atoms with E-state index in [1.54, 1.807) is 23.1 Å². The first-order valence-electron chi connectivity index (χ1n) is 7.56. The number of non-ortho nitro benzene ring substituents is 1. The standard InChI is InChI=1S/C16H14Cl2N4O3/c17-13-5-6-14(18)19-15(13)16(23)21-9-7-20(8-10-21)11-1-3-12(4-2-11)22(24)25/h1-6H,7-10H2. The van der Waals surface area contributed by atoms with Gasteiger partial charge in [0.2, 0.25) is 0 Å². The van der Waals surface area contributed by atoms with Crippen molar-refractivity contribution in [3.8, 4) is 0 Å². The highest BCUT2D eigenvalue weighted by atomic mass is 35.5. The topological polar surface area (TPSA) is 79.6 Å². The van der Waals surface area contributed by atoms with Crippen molar-refractivity contribution in [1.82, 2.24) is 9.88 Å². The number of nitrogens with zero attached hydrogens (tertiary/aromatic N) is 4. The van der Waals surface area contributed by atoms with E-state index in [4.69, 9.17) is 23.2 Å². The molecule has 0 N–H and O–H groups in total. The Morgan fingerprint density at radius 1 is 1.04 bits per heavy atom. The van der Waals surface area contributed by atoms with E-state index in [2.05, 4.69) is 9.88 Å². The van der Waals surface area contributed by atoms with Gasteiger partial charge >= 0.3 is 0 Å². The Bertz CT molecular complexity index is 806. The molecule has 0 saturated carbocycles. The fraction of sp³-hybridized carbons (Fsp3) is 0.250. The van der Waals surface area contributed by atoms with Crippen LogP contribution >= 0.6 is 23.2 Å². The van der Waals surface area contributed by atoms with E-state index < -0.39 is 4.92 Å². The summed E-state index contributed by atoms with van der Waals surface area (Å²) < 4.78 is 0. The van der Waals surface area contributed by atoms with E-state index in [0.717, 1.165) is 5.69 Å². The van der Waals surface area contributed by atoms with Crippen LogP contribution in [0.2, 0.25) is 10.2 Å². The smallest absolute Gasteiger partial charge is 0.274 e. The Morgan fingerprint density at radius 2 is 1.68 bits per heavy atom. The van der Waals surface area contributed by atoms with Crippen molar-refractivity contribution in [1.29, 1.82) is 0 Å². The van der Waals surface area contributed by atoms with Crippen molar-refractivity contribution in [2.75, 3.05) is 31.1 Å². The first-order chi connectivity index (χ1) is 12.0. The lowest BCUT2D eigenvalue weighted by Gasteiger charge is -2.36. The molecule has 0 spiro atoms. The maximum absolute atomic E-state index is 12.6. The Labute approximate surface area is 153 Å². The molecule has 0 radical (unpaired) electrons. The van der Waals surface area contributed by atoms with Gasteiger partial charge in [0.25, 0.3) is 11.6 Å². The van der Waals surface area contributed by atoms with Crippen LogP contribution in [0.3, 0.4) is 0 Å². The molecule has 3 rings (SSSR count). The SMILES string of the molecule is O=C(c1nc(Cl)ccc1Cl)N1CCN(c2ccc([N+](=O)[O-])cc2)CC1. The van der Waals surface area contributed by atoms with Crippen LogP contribution in [0.4, 0.5) is 11.4 Å². The number of hydrogen-bond acceptors (Lipinski definition) is 5. The van der Waals surface area contributed by atoms with Crippen LogP contribution in [0.15, 0.2) is 36.4 Å². The Morgan fingerprint density at radius 3 is 2.28 bits per heavy atom. The summed E-state index contributed by atoms with van der Waals surface area (Å²) in [6.45, 7) is 2.23. The lowest BCUT2D eigenvalue weighted by molar-refractivity contribution is -0.384. The van der Waals surface area contributed by atoms with Gasteiger partial charge in [0.1, 0.15) is 10.8 Å². The highest BCUT2D eigenvalue weighted by Gasteiger charge is 2.25. The predicted octanol–water partition coefficient (Wildman–Crippen LogP) is 3.26. The molecule has 130 valence electrons. The van der Waals surface area contributed by atoms with Gasteiger partial charge in [0.05, 0.1) is 9.95 Å². The second kappa shape index (κ2) is 7.25. The summed E-state index contributed by atoms with van der Waals surface area (Å²) in [6, 6.07) is 9.46. The minimum absolute atomic E-state index is 0.0548. The van der Waals surface area contributed by atoms with Gasteiger partial charge < -0.3 is 9.80 Å². The molecule has 7 nitrogen and oxygen atoms in total. The van der Waals surface area contributed by atoms with Gasteiger partial charge in [0, 0.05) is 44.0 Å². The monoisotopic (exact) mass is 380 g/mol. The molecule has 0 unspecified atom stereocenters. The van der Waals surface area contributed by atoms with Gasteiger partial charge in [-0.3, -0.25) is 14.9 Å². The minimum Gasteiger partial charge on any atom is -0.368 e. The van der Waals surface area contributed by atoms with Crippen LogP contribution in [0.25, 0.3) is 0 Å². The highest BCUT2D eigenvalue weighted by molar-refractivity contribution is 6.34. The summed E-state index contributed by atoms with van der Waals surface area (Å²) in [5, 5.41) is 11.2. The lowest BCUT2D eigenvalue weighted by atomic mass is 10.2. The van der Waals surface area contributed by atoms with Crippen molar-refractivity contribution in [2.45, 2.75) is 0 Å². The van der Waals surface area contributed by atoms with Crippen LogP contribution < -0.4 is 4.90 Å². The van der Waals surface area contributed by atoms with Crippen LogP contribution in [0, 0.1) is 10.1 Å². The zero-order valence-electron chi connectivity index (χ0n) is 13.1. The number of benzene rings is 1. The molecule has 0 aliphatic carbocycles. The van der Waals surface area contributed by atoms with Gasteiger partial charge in [-0.25, -0.2) is 4.98 Å². The zero-order valence-corrected chi connectivity index (χ0v) is 14.6. The van der Waals surface area contributed by atoms with Crippen molar-refractivity contribution in [3.05, 3.63) is 62.4 Å². The van der Waals surface area contributed by atoms with Crippen LogP contribution in [-0.4, -0.2) is 46.9 Å². The molecule has 1 aliphatic heterocycles. The number of anilines is 1. The Balaban J connectivity index is 1.66. The molecular formula is C16H14Cl2N4O3. The summed E-state index contributed by atoms with van der Waals surface area (Å²) in [6.07, 6.45) is 0. The summed E-state index contributed by atoms with van der Waals surface area (Å²) in [7, 11) is 0. The average molecular weight is 381 g/mol. The number of halogens is 2. The molecule has 9 heteroatoms. The number of rotatable bonds is 3. The number of nitro groups is 1. The number of aromatic nitrogens is 1. The van der Waals surface area contributed by atoms with Gasteiger partial charge in [-0.2, -0.15) is 0 Å². The molecule has 1 amide bonds. The maximum Gasteiger partial charge on any atom is 0.274 e. The van der Waals surface area contributed by atoms with E-state index in [0.29, 0.717) is 26.2 Å². The number of hydrogen-bond donors (Lipinski definition) is 0. The molecule has 2 aromatic rings. The fourth-order valence-electron chi connectivity index (χ4n) is 2.67. The van der Waals surface area contributed by atoms with Gasteiger partial charge in [0.15, 0.2) is 0 Å². The average Bonchev–Trinajstić information content (AvgIpc) is 2.63. The maximum atomic E-state index is 12.6. The van der Waals surface area contributed by atoms with E-state index in [9.17, 15) is 14.9 Å². The number of carbonyl (C=O) groups excluding carboxylic acids is 1. The lowest BCUT2D eigenvalue weighted by Crippen LogP contribution is -2.49. The Hall–Kier alpha value is -2.38. The third-order valence-electron chi connectivity index (χ3n) is 4.01. The Kier molecular flexibility index (Phi) is 5.06. The van der Waals surface area contributed by atoms with Crippen LogP contribution in [-0.2, 0) is 0 Å². The van der Waals surface area contributed by atoms with Gasteiger partial charge in [-0.05, 0) is 24.3 Å². The molecule has 0 atom stereocenters. The molecule has 1 saturated heterocycles. The zero-order chi connectivity index (χ0) is 18.0. The number of piperazine rings is 1. The van der Waals surface area contributed by atoms with Crippen molar-refractivity contribution < 1.29 is 9.72 Å². The molecule has 1 fully saturated rings. The number of pyridine rings is 1. The van der Waals surface area contributed by atoms with Gasteiger partial charge in [-0.1, -0.05) is 23.2 Å². The number of carbonyl (C=O) groups is 1. The molecule has 0 bridgehead atoms. The molecule has 2 heterocycles. The van der Waals surface area contributed by atoms with Crippen molar-refractivity contribution in [2.24, 2.45) is 0 Å². The third-order valence-corrected chi connectivity index (χ3v) is 4.52. The summed E-state index contributed by atoms with van der Waals surface area (Å²) in [4.78, 5) is 30.6. The second-order valence-electron chi connectivity index (χ2n) is 5.52. The molecule has 1 aliphatic rings. The minimum atomic E-state index is -0.428. The summed E-state index contributed by atoms with van der Waals surface area (Å²) >= 11 is 11.9. The van der Waals surface area contributed by atoms with E-state index in [1.807, 2.05) is 0 Å². The summed E-state index contributed by atoms with van der Waals surface area (Å²) in [5.41, 5.74) is 1.09. The van der Waals surface area contributed by atoms with E-state index in [1.165, 1.54) is 18.2 Å². The van der Waals surface area contributed by atoms with Crippen LogP contribution in [0.5, 0.6) is 0 Å². The van der Waals surface area contributed by atoms with E-state index >= 15 is 0 Å².